The van der Waals surface area contributed by atoms with Crippen molar-refractivity contribution in [3.05, 3.63) is 17.0 Å². The zero-order valence-corrected chi connectivity index (χ0v) is 11.2. The molecular weight excluding hydrogens is 242 g/mol. The van der Waals surface area contributed by atoms with E-state index in [1.54, 1.807) is 0 Å². The maximum atomic E-state index is 11.3. The first-order valence-electron chi connectivity index (χ1n) is 7.03. The normalized spacial score (nSPS) is 19.5. The highest BCUT2D eigenvalue weighted by Crippen LogP contribution is 2.27. The first-order chi connectivity index (χ1) is 9.15. The van der Waals surface area contributed by atoms with Crippen LogP contribution in [0.1, 0.15) is 47.9 Å². The fourth-order valence-electron chi connectivity index (χ4n) is 2.95. The van der Waals surface area contributed by atoms with Crippen LogP contribution in [0.5, 0.6) is 0 Å². The molecule has 1 aromatic rings. The molecule has 1 aliphatic heterocycles. The molecule has 2 aliphatic rings. The molecule has 0 spiro atoms. The molecule has 2 heterocycles. The Labute approximate surface area is 112 Å². The van der Waals surface area contributed by atoms with E-state index in [4.69, 9.17) is 0 Å². The van der Waals surface area contributed by atoms with E-state index in [1.807, 2.05) is 0 Å². The van der Waals surface area contributed by atoms with Crippen molar-refractivity contribution in [1.82, 2.24) is 9.97 Å². The number of piperidine rings is 1. The summed E-state index contributed by atoms with van der Waals surface area (Å²) in [4.78, 5) is 22.4. The first kappa shape index (κ1) is 12.4. The zero-order valence-electron chi connectivity index (χ0n) is 11.2. The minimum absolute atomic E-state index is 0.219. The predicted molar refractivity (Wildman–Crippen MR) is 71.6 cm³/mol. The van der Waals surface area contributed by atoms with Crippen LogP contribution in [0.2, 0.25) is 0 Å². The zero-order chi connectivity index (χ0) is 13.4. The van der Waals surface area contributed by atoms with Gasteiger partial charge in [0.15, 0.2) is 5.69 Å². The summed E-state index contributed by atoms with van der Waals surface area (Å²) in [6.45, 7) is 4.11. The molecule has 19 heavy (non-hydrogen) atoms. The smallest absolute Gasteiger partial charge is 0.354 e. The lowest BCUT2D eigenvalue weighted by Gasteiger charge is -2.30. The fourth-order valence-corrected chi connectivity index (χ4v) is 2.95. The molecule has 3 rings (SSSR count). The Morgan fingerprint density at radius 3 is 2.68 bits per heavy atom. The Bertz CT molecular complexity index is 508. The van der Waals surface area contributed by atoms with Crippen LogP contribution < -0.4 is 4.90 Å². The number of carbonyl (C=O) groups is 1. The quantitative estimate of drug-likeness (QED) is 0.880. The van der Waals surface area contributed by atoms with E-state index in [9.17, 15) is 9.90 Å². The second-order valence-corrected chi connectivity index (χ2v) is 5.63. The molecule has 1 aromatic heterocycles. The molecule has 1 fully saturated rings. The van der Waals surface area contributed by atoms with Gasteiger partial charge < -0.3 is 10.0 Å². The maximum absolute atomic E-state index is 11.3. The van der Waals surface area contributed by atoms with Crippen molar-refractivity contribution in [2.24, 2.45) is 5.92 Å². The van der Waals surface area contributed by atoms with Crippen molar-refractivity contribution in [2.45, 2.75) is 39.0 Å². The van der Waals surface area contributed by atoms with Gasteiger partial charge >= 0.3 is 5.97 Å². The van der Waals surface area contributed by atoms with Gasteiger partial charge in [0.05, 0.1) is 5.69 Å². The summed E-state index contributed by atoms with van der Waals surface area (Å²) in [6, 6.07) is 0. The van der Waals surface area contributed by atoms with E-state index in [0.29, 0.717) is 5.95 Å². The van der Waals surface area contributed by atoms with Crippen molar-refractivity contribution in [2.75, 3.05) is 18.0 Å². The van der Waals surface area contributed by atoms with Crippen LogP contribution in [-0.4, -0.2) is 34.1 Å². The standard InChI is InChI=1S/C14H19N3O2/c1-9-5-7-17(8-6-9)14-15-11-4-2-3-10(11)12(16-14)13(18)19/h9H,2-8H2,1H3,(H,18,19). The Kier molecular flexibility index (Phi) is 3.12. The van der Waals surface area contributed by atoms with Crippen LogP contribution in [0.25, 0.3) is 0 Å². The first-order valence-corrected chi connectivity index (χ1v) is 7.03. The summed E-state index contributed by atoms with van der Waals surface area (Å²) in [5.41, 5.74) is 2.01. The highest BCUT2D eigenvalue weighted by atomic mass is 16.4. The summed E-state index contributed by atoms with van der Waals surface area (Å²) in [6.07, 6.45) is 4.93. The monoisotopic (exact) mass is 261 g/mol. The van der Waals surface area contributed by atoms with Crippen LogP contribution in [-0.2, 0) is 12.8 Å². The third-order valence-corrected chi connectivity index (χ3v) is 4.19. The topological polar surface area (TPSA) is 66.3 Å². The molecule has 102 valence electrons. The van der Waals surface area contributed by atoms with Crippen molar-refractivity contribution >= 4 is 11.9 Å². The van der Waals surface area contributed by atoms with Gasteiger partial charge in [-0.05, 0) is 38.0 Å². The number of carboxylic acids is 1. The molecule has 5 nitrogen and oxygen atoms in total. The third-order valence-electron chi connectivity index (χ3n) is 4.19. The number of nitrogens with zero attached hydrogens (tertiary/aromatic N) is 3. The number of aromatic nitrogens is 2. The van der Waals surface area contributed by atoms with E-state index < -0.39 is 5.97 Å². The largest absolute Gasteiger partial charge is 0.476 e. The highest BCUT2D eigenvalue weighted by Gasteiger charge is 2.26. The van der Waals surface area contributed by atoms with E-state index in [1.165, 1.54) is 0 Å². The average molecular weight is 261 g/mol. The predicted octanol–water partition coefficient (Wildman–Crippen LogP) is 1.90. The summed E-state index contributed by atoms with van der Waals surface area (Å²) in [5.74, 6) is 0.432. The Morgan fingerprint density at radius 2 is 2.00 bits per heavy atom. The lowest BCUT2D eigenvalue weighted by atomic mass is 10.00. The van der Waals surface area contributed by atoms with E-state index in [2.05, 4.69) is 21.8 Å². The summed E-state index contributed by atoms with van der Waals surface area (Å²) in [7, 11) is 0. The van der Waals surface area contributed by atoms with Gasteiger partial charge in [0.25, 0.3) is 0 Å². The van der Waals surface area contributed by atoms with Gasteiger partial charge in [0.1, 0.15) is 0 Å². The summed E-state index contributed by atoms with van der Waals surface area (Å²) in [5, 5.41) is 9.31. The van der Waals surface area contributed by atoms with Gasteiger partial charge in [-0.1, -0.05) is 6.92 Å². The van der Waals surface area contributed by atoms with E-state index in [0.717, 1.165) is 62.4 Å². The van der Waals surface area contributed by atoms with Crippen molar-refractivity contribution < 1.29 is 9.90 Å². The molecule has 0 unspecified atom stereocenters. The second-order valence-electron chi connectivity index (χ2n) is 5.63. The number of aromatic carboxylic acids is 1. The van der Waals surface area contributed by atoms with Gasteiger partial charge in [0.2, 0.25) is 5.95 Å². The SMILES string of the molecule is CC1CCN(c2nc3c(c(C(=O)O)n2)CCC3)CC1. The number of hydrogen-bond donors (Lipinski definition) is 1. The number of hydrogen-bond acceptors (Lipinski definition) is 4. The lowest BCUT2D eigenvalue weighted by Crippen LogP contribution is -2.34. The van der Waals surface area contributed by atoms with Crippen LogP contribution >= 0.6 is 0 Å². The van der Waals surface area contributed by atoms with Crippen LogP contribution in [0.15, 0.2) is 0 Å². The van der Waals surface area contributed by atoms with Crippen LogP contribution in [0, 0.1) is 5.92 Å². The molecule has 1 saturated heterocycles. The van der Waals surface area contributed by atoms with Crippen molar-refractivity contribution in [3.8, 4) is 0 Å². The lowest BCUT2D eigenvalue weighted by molar-refractivity contribution is 0.0689. The molecule has 1 N–H and O–H groups in total. The van der Waals surface area contributed by atoms with Crippen molar-refractivity contribution in [1.29, 1.82) is 0 Å². The Balaban J connectivity index is 1.94. The molecule has 0 radical (unpaired) electrons. The maximum Gasteiger partial charge on any atom is 0.354 e. The van der Waals surface area contributed by atoms with Gasteiger partial charge in [-0.25, -0.2) is 14.8 Å². The number of fused-ring (bicyclic) bond motifs is 1. The Hall–Kier alpha value is -1.65. The number of rotatable bonds is 2. The molecule has 0 amide bonds. The average Bonchev–Trinajstić information content (AvgIpc) is 2.86. The van der Waals surface area contributed by atoms with Crippen LogP contribution in [0.4, 0.5) is 5.95 Å². The Morgan fingerprint density at radius 1 is 1.26 bits per heavy atom. The van der Waals surface area contributed by atoms with Crippen molar-refractivity contribution in [3.63, 3.8) is 0 Å². The molecule has 0 atom stereocenters. The molecular formula is C14H19N3O2. The van der Waals surface area contributed by atoms with E-state index in [-0.39, 0.29) is 5.69 Å². The molecule has 1 aliphatic carbocycles. The summed E-state index contributed by atoms with van der Waals surface area (Å²) < 4.78 is 0. The molecule has 0 aromatic carbocycles. The molecule has 0 saturated carbocycles. The number of carboxylic acid groups (broad SMARTS) is 1. The van der Waals surface area contributed by atoms with Gasteiger partial charge in [-0.2, -0.15) is 0 Å². The third kappa shape index (κ3) is 2.29. The van der Waals surface area contributed by atoms with Gasteiger partial charge in [-0.15, -0.1) is 0 Å². The number of aryl methyl sites for hydroxylation is 1. The van der Waals surface area contributed by atoms with E-state index >= 15 is 0 Å². The van der Waals surface area contributed by atoms with Crippen LogP contribution in [0.3, 0.4) is 0 Å². The molecule has 5 heteroatoms. The minimum atomic E-state index is -0.924. The minimum Gasteiger partial charge on any atom is -0.476 e. The summed E-state index contributed by atoms with van der Waals surface area (Å²) >= 11 is 0. The highest BCUT2D eigenvalue weighted by molar-refractivity contribution is 5.88. The molecule has 0 bridgehead atoms. The second kappa shape index (κ2) is 4.79. The number of anilines is 1. The van der Waals surface area contributed by atoms with Gasteiger partial charge in [-0.3, -0.25) is 0 Å². The fraction of sp³-hybridized carbons (Fsp3) is 0.643. The van der Waals surface area contributed by atoms with Gasteiger partial charge in [0, 0.05) is 18.7 Å².